The van der Waals surface area contributed by atoms with E-state index in [1.165, 1.54) is 18.2 Å². The summed E-state index contributed by atoms with van der Waals surface area (Å²) in [5.74, 6) is -0.681. The topological polar surface area (TPSA) is 29.5 Å². The molecule has 1 aliphatic rings. The molecule has 1 atom stereocenters. The van der Waals surface area contributed by atoms with E-state index in [-0.39, 0.29) is 10.9 Å². The van der Waals surface area contributed by atoms with Crippen LogP contribution in [0, 0.1) is 5.82 Å². The summed E-state index contributed by atoms with van der Waals surface area (Å²) >= 11 is 11.9. The van der Waals surface area contributed by atoms with Gasteiger partial charge in [-0.25, -0.2) is 4.39 Å². The molecule has 130 valence electrons. The van der Waals surface area contributed by atoms with Crippen molar-refractivity contribution in [1.82, 2.24) is 4.90 Å². The van der Waals surface area contributed by atoms with Crippen LogP contribution in [0.3, 0.4) is 0 Å². The average Bonchev–Trinajstić information content (AvgIpc) is 2.63. The molecule has 0 saturated carbocycles. The Labute approximate surface area is 155 Å². The van der Waals surface area contributed by atoms with E-state index in [2.05, 4.69) is 0 Å². The maximum atomic E-state index is 13.7. The highest BCUT2D eigenvalue weighted by atomic mass is 35.5. The van der Waals surface area contributed by atoms with Crippen LogP contribution in [-0.2, 0) is 9.53 Å². The summed E-state index contributed by atoms with van der Waals surface area (Å²) in [7, 11) is 0. The number of hydrogen-bond acceptors (Lipinski definition) is 2. The van der Waals surface area contributed by atoms with Crippen molar-refractivity contribution >= 4 is 35.2 Å². The number of rotatable bonds is 3. The van der Waals surface area contributed by atoms with Gasteiger partial charge >= 0.3 is 0 Å². The lowest BCUT2D eigenvalue weighted by Crippen LogP contribution is -2.41. The van der Waals surface area contributed by atoms with Crippen LogP contribution in [-0.4, -0.2) is 30.5 Å². The number of morpholine rings is 1. The van der Waals surface area contributed by atoms with Crippen molar-refractivity contribution in [1.29, 1.82) is 0 Å². The minimum absolute atomic E-state index is 0.0386. The van der Waals surface area contributed by atoms with Crippen molar-refractivity contribution in [3.8, 4) is 0 Å². The van der Waals surface area contributed by atoms with Crippen molar-refractivity contribution in [2.75, 3.05) is 19.7 Å². The van der Waals surface area contributed by atoms with Gasteiger partial charge in [0.2, 0.25) is 5.91 Å². The molecule has 3 nitrogen and oxygen atoms in total. The summed E-state index contributed by atoms with van der Waals surface area (Å²) in [6.45, 7) is 1.14. The molecule has 0 aliphatic carbocycles. The van der Waals surface area contributed by atoms with Gasteiger partial charge in [0.05, 0.1) is 18.2 Å². The van der Waals surface area contributed by atoms with Crippen LogP contribution in [0.1, 0.15) is 17.2 Å². The Morgan fingerprint density at radius 3 is 2.72 bits per heavy atom. The van der Waals surface area contributed by atoms with Gasteiger partial charge in [0.1, 0.15) is 11.9 Å². The van der Waals surface area contributed by atoms with Crippen LogP contribution in [0.5, 0.6) is 0 Å². The summed E-state index contributed by atoms with van der Waals surface area (Å²) in [5.41, 5.74) is 1.44. The van der Waals surface area contributed by atoms with Gasteiger partial charge < -0.3 is 9.64 Å². The number of benzene rings is 2. The molecule has 1 fully saturated rings. The fourth-order valence-electron chi connectivity index (χ4n) is 2.66. The maximum Gasteiger partial charge on any atom is 0.246 e. The first kappa shape index (κ1) is 17.9. The van der Waals surface area contributed by atoms with E-state index in [1.807, 2.05) is 30.3 Å². The van der Waals surface area contributed by atoms with E-state index in [4.69, 9.17) is 27.9 Å². The highest BCUT2D eigenvalue weighted by Gasteiger charge is 2.26. The molecule has 1 amide bonds. The van der Waals surface area contributed by atoms with Crippen molar-refractivity contribution in [2.45, 2.75) is 6.10 Å². The molecule has 1 saturated heterocycles. The average molecular weight is 380 g/mol. The minimum atomic E-state index is -0.558. The molecule has 0 spiro atoms. The first-order chi connectivity index (χ1) is 12.0. The summed E-state index contributed by atoms with van der Waals surface area (Å²) in [6.07, 6.45) is 2.81. The minimum Gasteiger partial charge on any atom is -0.370 e. The molecule has 6 heteroatoms. The van der Waals surface area contributed by atoms with Crippen LogP contribution < -0.4 is 0 Å². The monoisotopic (exact) mass is 379 g/mol. The maximum absolute atomic E-state index is 13.7. The third kappa shape index (κ3) is 4.40. The second-order valence-corrected chi connectivity index (χ2v) is 6.49. The second-order valence-electron chi connectivity index (χ2n) is 5.68. The van der Waals surface area contributed by atoms with Crippen molar-refractivity contribution in [3.63, 3.8) is 0 Å². The Kier molecular flexibility index (Phi) is 5.74. The number of carbonyl (C=O) groups is 1. The SMILES string of the molecule is O=C(/C=C/c1ccccc1)N1CCOC(c2cc(F)c(Cl)cc2Cl)C1. The number of halogens is 3. The molecule has 25 heavy (non-hydrogen) atoms. The molecule has 1 unspecified atom stereocenters. The first-order valence-electron chi connectivity index (χ1n) is 7.82. The number of carbonyl (C=O) groups excluding carboxylic acids is 1. The largest absolute Gasteiger partial charge is 0.370 e. The third-order valence-corrected chi connectivity index (χ3v) is 4.60. The molecule has 0 bridgehead atoms. The van der Waals surface area contributed by atoms with Crippen LogP contribution in [0.25, 0.3) is 6.08 Å². The molecule has 2 aromatic carbocycles. The molecule has 3 rings (SSSR count). The van der Waals surface area contributed by atoms with Gasteiger partial charge in [0.15, 0.2) is 0 Å². The van der Waals surface area contributed by atoms with Gasteiger partial charge in [-0.2, -0.15) is 0 Å². The summed E-state index contributed by atoms with van der Waals surface area (Å²) in [4.78, 5) is 14.1. The summed E-state index contributed by atoms with van der Waals surface area (Å²) < 4.78 is 19.4. The zero-order valence-corrected chi connectivity index (χ0v) is 14.8. The molecule has 0 radical (unpaired) electrons. The van der Waals surface area contributed by atoms with E-state index in [9.17, 15) is 9.18 Å². The standard InChI is InChI=1S/C19H16Cl2FNO2/c20-15-11-16(21)17(22)10-14(15)18-12-23(8-9-25-18)19(24)7-6-13-4-2-1-3-5-13/h1-7,10-11,18H,8-9,12H2/b7-6+. The molecular weight excluding hydrogens is 364 g/mol. The van der Waals surface area contributed by atoms with Crippen molar-refractivity contribution in [3.05, 3.63) is 75.5 Å². The van der Waals surface area contributed by atoms with Gasteiger partial charge in [-0.05, 0) is 23.8 Å². The Morgan fingerprint density at radius 1 is 1.20 bits per heavy atom. The fourth-order valence-corrected chi connectivity index (χ4v) is 3.16. The van der Waals surface area contributed by atoms with Gasteiger partial charge in [-0.3, -0.25) is 4.79 Å². The second kappa shape index (κ2) is 8.00. The summed E-state index contributed by atoms with van der Waals surface area (Å²) in [5, 5.41) is 0.286. The van der Waals surface area contributed by atoms with E-state index in [1.54, 1.807) is 11.0 Å². The molecule has 2 aromatic rings. The van der Waals surface area contributed by atoms with Crippen molar-refractivity contribution < 1.29 is 13.9 Å². The Morgan fingerprint density at radius 2 is 1.96 bits per heavy atom. The third-order valence-electron chi connectivity index (χ3n) is 3.98. The lowest BCUT2D eigenvalue weighted by Gasteiger charge is -2.33. The van der Waals surface area contributed by atoms with E-state index in [0.717, 1.165) is 5.56 Å². The lowest BCUT2D eigenvalue weighted by atomic mass is 10.1. The van der Waals surface area contributed by atoms with E-state index >= 15 is 0 Å². The van der Waals surface area contributed by atoms with Crippen LogP contribution in [0.2, 0.25) is 10.0 Å². The number of ether oxygens (including phenoxy) is 1. The van der Waals surface area contributed by atoms with E-state index in [0.29, 0.717) is 30.3 Å². The zero-order chi connectivity index (χ0) is 17.8. The van der Waals surface area contributed by atoms with Gasteiger partial charge in [0.25, 0.3) is 0 Å². The highest BCUT2D eigenvalue weighted by molar-refractivity contribution is 6.35. The fraction of sp³-hybridized carbons (Fsp3) is 0.211. The van der Waals surface area contributed by atoms with Gasteiger partial charge in [-0.1, -0.05) is 53.5 Å². The number of hydrogen-bond donors (Lipinski definition) is 0. The molecule has 0 aromatic heterocycles. The number of nitrogens with zero attached hydrogens (tertiary/aromatic N) is 1. The zero-order valence-electron chi connectivity index (χ0n) is 13.3. The molecular formula is C19H16Cl2FNO2. The van der Waals surface area contributed by atoms with Crippen LogP contribution >= 0.6 is 23.2 Å². The Bertz CT molecular complexity index is 796. The van der Waals surface area contributed by atoms with Crippen molar-refractivity contribution in [2.24, 2.45) is 0 Å². The van der Waals surface area contributed by atoms with E-state index < -0.39 is 11.9 Å². The number of amides is 1. The predicted molar refractivity (Wildman–Crippen MR) is 97.2 cm³/mol. The predicted octanol–water partition coefficient (Wildman–Crippen LogP) is 4.75. The summed E-state index contributed by atoms with van der Waals surface area (Å²) in [6, 6.07) is 12.2. The highest BCUT2D eigenvalue weighted by Crippen LogP contribution is 2.32. The Balaban J connectivity index is 1.72. The first-order valence-corrected chi connectivity index (χ1v) is 8.58. The quantitative estimate of drug-likeness (QED) is 0.568. The Hall–Kier alpha value is -1.88. The van der Waals surface area contributed by atoms with Crippen LogP contribution in [0.15, 0.2) is 48.5 Å². The normalized spacial score (nSPS) is 17.9. The van der Waals surface area contributed by atoms with Crippen LogP contribution in [0.4, 0.5) is 4.39 Å². The van der Waals surface area contributed by atoms with Gasteiger partial charge in [0, 0.05) is 23.2 Å². The molecule has 1 aliphatic heterocycles. The molecule has 0 N–H and O–H groups in total. The smallest absolute Gasteiger partial charge is 0.246 e. The molecule has 1 heterocycles. The van der Waals surface area contributed by atoms with Gasteiger partial charge in [-0.15, -0.1) is 0 Å². The lowest BCUT2D eigenvalue weighted by molar-refractivity contribution is -0.133.